The summed E-state index contributed by atoms with van der Waals surface area (Å²) >= 11 is 0. The Bertz CT molecular complexity index is 1130. The van der Waals surface area contributed by atoms with Crippen LogP contribution in [-0.2, 0) is 14.8 Å². The van der Waals surface area contributed by atoms with Gasteiger partial charge in [0.05, 0.1) is 11.5 Å². The Morgan fingerprint density at radius 1 is 1.07 bits per heavy atom. The average molecular weight is 422 g/mol. The van der Waals surface area contributed by atoms with E-state index in [4.69, 9.17) is 4.74 Å². The number of anilines is 1. The van der Waals surface area contributed by atoms with E-state index in [1.165, 1.54) is 42.6 Å². The van der Waals surface area contributed by atoms with E-state index in [1.807, 2.05) is 31.2 Å². The molecule has 1 aromatic heterocycles. The number of pyridine rings is 1. The number of nitrogens with zero attached hydrogens (tertiary/aromatic N) is 2. The third kappa shape index (κ3) is 5.68. The maximum absolute atomic E-state index is 12.4. The molecule has 1 N–H and O–H groups in total. The number of carbonyl (C=O) groups is 1. The molecule has 2 aromatic carbocycles. The van der Waals surface area contributed by atoms with Crippen molar-refractivity contribution < 1.29 is 17.9 Å². The number of nitrogens with one attached hydrogen (secondary N) is 1. The van der Waals surface area contributed by atoms with Crippen molar-refractivity contribution in [3.05, 3.63) is 89.3 Å². The standard InChI is InChI=1S/C22H21N3O4S/c1-2-29-20-8-4-3-7-17(20)10-15-22(26)24-18-11-13-19(14-12-18)30(27,28)25-21-9-5-6-16-23-21/h3-16H,2H2,1H3,(H2,23,24,25,26)/p-1. The number of benzene rings is 2. The quantitative estimate of drug-likeness (QED) is 0.538. The van der Waals surface area contributed by atoms with Crippen molar-refractivity contribution in [2.45, 2.75) is 11.8 Å². The van der Waals surface area contributed by atoms with Crippen LogP contribution in [0.4, 0.5) is 11.5 Å². The van der Waals surface area contributed by atoms with E-state index in [-0.39, 0.29) is 16.6 Å². The number of amides is 1. The van der Waals surface area contributed by atoms with Gasteiger partial charge in [0.2, 0.25) is 15.9 Å². The second-order valence-electron chi connectivity index (χ2n) is 6.07. The molecule has 154 valence electrons. The van der Waals surface area contributed by atoms with Gasteiger partial charge in [0.25, 0.3) is 0 Å². The van der Waals surface area contributed by atoms with Gasteiger partial charge in [-0.3, -0.25) is 4.79 Å². The van der Waals surface area contributed by atoms with Gasteiger partial charge in [-0.25, -0.2) is 8.42 Å². The highest BCUT2D eigenvalue weighted by Gasteiger charge is 2.10. The van der Waals surface area contributed by atoms with Crippen molar-refractivity contribution in [1.29, 1.82) is 0 Å². The van der Waals surface area contributed by atoms with Crippen LogP contribution in [0.25, 0.3) is 10.8 Å². The Kier molecular flexibility index (Phi) is 6.82. The number of aromatic nitrogens is 1. The highest BCUT2D eigenvalue weighted by Crippen LogP contribution is 2.26. The normalized spacial score (nSPS) is 11.2. The number of hydrogen-bond acceptors (Lipinski definition) is 5. The van der Waals surface area contributed by atoms with Crippen molar-refractivity contribution in [2.75, 3.05) is 11.9 Å². The van der Waals surface area contributed by atoms with E-state index >= 15 is 0 Å². The molecule has 0 aliphatic heterocycles. The fraction of sp³-hybridized carbons (Fsp3) is 0.0909. The molecule has 0 aliphatic carbocycles. The summed E-state index contributed by atoms with van der Waals surface area (Å²) in [5.41, 5.74) is 1.24. The Labute approximate surface area is 175 Å². The molecule has 3 aromatic rings. The van der Waals surface area contributed by atoms with E-state index < -0.39 is 10.0 Å². The fourth-order valence-electron chi connectivity index (χ4n) is 2.55. The second-order valence-corrected chi connectivity index (χ2v) is 7.68. The third-order valence-corrected chi connectivity index (χ3v) is 5.21. The van der Waals surface area contributed by atoms with Crippen LogP contribution in [0.1, 0.15) is 12.5 Å². The van der Waals surface area contributed by atoms with E-state index in [0.717, 1.165) is 5.56 Å². The minimum Gasteiger partial charge on any atom is -0.493 e. The first kappa shape index (κ1) is 21.1. The van der Waals surface area contributed by atoms with Gasteiger partial charge in [0, 0.05) is 17.3 Å². The number of hydrogen-bond donors (Lipinski definition) is 1. The zero-order chi connectivity index (χ0) is 21.4. The lowest BCUT2D eigenvalue weighted by atomic mass is 10.2. The van der Waals surface area contributed by atoms with Crippen LogP contribution >= 0.6 is 0 Å². The molecule has 8 heteroatoms. The van der Waals surface area contributed by atoms with Gasteiger partial charge in [-0.05, 0) is 49.1 Å². The zero-order valence-corrected chi connectivity index (χ0v) is 17.0. The van der Waals surface area contributed by atoms with Crippen molar-refractivity contribution in [3.63, 3.8) is 0 Å². The molecular formula is C22H20N3O4S-. The van der Waals surface area contributed by atoms with Crippen LogP contribution in [0.2, 0.25) is 0 Å². The monoisotopic (exact) mass is 422 g/mol. The van der Waals surface area contributed by atoms with Gasteiger partial charge in [-0.2, -0.15) is 0 Å². The predicted molar refractivity (Wildman–Crippen MR) is 116 cm³/mol. The summed E-state index contributed by atoms with van der Waals surface area (Å²) in [7, 11) is -3.89. The van der Waals surface area contributed by atoms with Gasteiger partial charge in [-0.15, -0.1) is 0 Å². The zero-order valence-electron chi connectivity index (χ0n) is 16.2. The average Bonchev–Trinajstić information content (AvgIpc) is 2.74. The van der Waals surface area contributed by atoms with Crippen LogP contribution in [0.15, 0.2) is 83.9 Å². The van der Waals surface area contributed by atoms with E-state index in [9.17, 15) is 13.2 Å². The van der Waals surface area contributed by atoms with Gasteiger partial charge in [-0.1, -0.05) is 42.6 Å². The lowest BCUT2D eigenvalue weighted by Crippen LogP contribution is -2.08. The minimum atomic E-state index is -3.89. The number of carbonyl (C=O) groups excluding carboxylic acids is 1. The molecule has 1 amide bonds. The number of ether oxygens (including phenoxy) is 1. The maximum Gasteiger partial charge on any atom is 0.248 e. The SMILES string of the molecule is CCOc1ccccc1C=CC(=O)Nc1ccc(S(=O)(=O)[N-]c2ccccn2)cc1. The summed E-state index contributed by atoms with van der Waals surface area (Å²) in [6.45, 7) is 2.42. The molecule has 1 heterocycles. The summed E-state index contributed by atoms with van der Waals surface area (Å²) in [6, 6.07) is 18.0. The summed E-state index contributed by atoms with van der Waals surface area (Å²) in [5.74, 6) is 0.442. The van der Waals surface area contributed by atoms with Crippen LogP contribution in [0, 0.1) is 0 Å². The second kappa shape index (κ2) is 9.71. The van der Waals surface area contributed by atoms with Gasteiger partial charge in [0.1, 0.15) is 5.75 Å². The van der Waals surface area contributed by atoms with Crippen LogP contribution in [0.3, 0.4) is 0 Å². The Morgan fingerprint density at radius 2 is 1.80 bits per heavy atom. The molecule has 0 atom stereocenters. The first-order valence-electron chi connectivity index (χ1n) is 9.18. The lowest BCUT2D eigenvalue weighted by molar-refractivity contribution is -0.111. The minimum absolute atomic E-state index is 0.00679. The molecule has 0 aliphatic rings. The Balaban J connectivity index is 1.65. The van der Waals surface area contributed by atoms with Crippen molar-refractivity contribution in [1.82, 2.24) is 4.98 Å². The van der Waals surface area contributed by atoms with E-state index in [0.29, 0.717) is 18.0 Å². The fourth-order valence-corrected chi connectivity index (χ4v) is 3.49. The number of rotatable bonds is 8. The molecule has 3 rings (SSSR count). The molecule has 7 nitrogen and oxygen atoms in total. The first-order chi connectivity index (χ1) is 14.5. The molecule has 0 saturated heterocycles. The number of para-hydroxylation sites is 1. The summed E-state index contributed by atoms with van der Waals surface area (Å²) in [6.07, 6.45) is 4.51. The molecule has 0 unspecified atom stereocenters. The molecule has 0 radical (unpaired) electrons. The molecule has 0 bridgehead atoms. The third-order valence-electron chi connectivity index (χ3n) is 3.92. The molecule has 0 fully saturated rings. The summed E-state index contributed by atoms with van der Waals surface area (Å²) < 4.78 is 33.9. The topological polar surface area (TPSA) is 99.5 Å². The largest absolute Gasteiger partial charge is 0.493 e. The Hall–Kier alpha value is -3.65. The van der Waals surface area contributed by atoms with Gasteiger partial charge >= 0.3 is 0 Å². The van der Waals surface area contributed by atoms with Gasteiger partial charge in [0.15, 0.2) is 0 Å². The van der Waals surface area contributed by atoms with E-state index in [2.05, 4.69) is 15.0 Å². The van der Waals surface area contributed by atoms with Gasteiger partial charge < -0.3 is 19.8 Å². The van der Waals surface area contributed by atoms with Crippen LogP contribution < -0.4 is 10.1 Å². The lowest BCUT2D eigenvalue weighted by Gasteiger charge is -2.15. The summed E-state index contributed by atoms with van der Waals surface area (Å²) in [5, 5.41) is 2.69. The number of sulfonamides is 1. The smallest absolute Gasteiger partial charge is 0.248 e. The molecule has 0 spiro atoms. The highest BCUT2D eigenvalue weighted by atomic mass is 32.2. The molecule has 30 heavy (non-hydrogen) atoms. The molecular weight excluding hydrogens is 402 g/mol. The molecule has 0 saturated carbocycles. The van der Waals surface area contributed by atoms with Crippen LogP contribution in [0.5, 0.6) is 5.75 Å². The van der Waals surface area contributed by atoms with Crippen LogP contribution in [-0.4, -0.2) is 25.9 Å². The maximum atomic E-state index is 12.4. The highest BCUT2D eigenvalue weighted by molar-refractivity contribution is 7.94. The Morgan fingerprint density at radius 3 is 2.50 bits per heavy atom. The van der Waals surface area contributed by atoms with Crippen molar-refractivity contribution in [2.24, 2.45) is 0 Å². The van der Waals surface area contributed by atoms with Crippen molar-refractivity contribution in [3.8, 4) is 5.75 Å². The first-order valence-corrected chi connectivity index (χ1v) is 10.6. The summed E-state index contributed by atoms with van der Waals surface area (Å²) in [4.78, 5) is 16.1. The predicted octanol–water partition coefficient (Wildman–Crippen LogP) is 4.53. The van der Waals surface area contributed by atoms with E-state index in [1.54, 1.807) is 18.2 Å². The van der Waals surface area contributed by atoms with Crippen molar-refractivity contribution >= 4 is 33.5 Å².